The van der Waals surface area contributed by atoms with E-state index in [9.17, 15) is 9.50 Å². The summed E-state index contributed by atoms with van der Waals surface area (Å²) in [6, 6.07) is 6.38. The number of rotatable bonds is 2. The minimum Gasteiger partial charge on any atom is -0.393 e. The molecule has 0 saturated heterocycles. The van der Waals surface area contributed by atoms with Crippen molar-refractivity contribution in [1.82, 2.24) is 0 Å². The van der Waals surface area contributed by atoms with Crippen molar-refractivity contribution in [2.75, 3.05) is 0 Å². The lowest BCUT2D eigenvalue weighted by atomic mass is 9.48. The van der Waals surface area contributed by atoms with Gasteiger partial charge in [0.15, 0.2) is 0 Å². The highest BCUT2D eigenvalue weighted by atomic mass is 19.1. The van der Waals surface area contributed by atoms with Gasteiger partial charge >= 0.3 is 0 Å². The Bertz CT molecular complexity index is 904. The Balaban J connectivity index is 1.37. The van der Waals surface area contributed by atoms with Crippen LogP contribution in [0.1, 0.15) is 70.8 Å². The Hall–Kier alpha value is -1.81. The summed E-state index contributed by atoms with van der Waals surface area (Å²) < 4.78 is 13.1. The zero-order chi connectivity index (χ0) is 20.9. The summed E-state index contributed by atoms with van der Waals surface area (Å²) in [4.78, 5) is 0. The van der Waals surface area contributed by atoms with Crippen LogP contribution in [0, 0.1) is 34.4 Å². The van der Waals surface area contributed by atoms with Gasteiger partial charge in [-0.1, -0.05) is 37.6 Å². The van der Waals surface area contributed by atoms with Gasteiger partial charge in [-0.15, -0.1) is 0 Å². The molecule has 0 radical (unpaired) electrons. The topological polar surface area (TPSA) is 45.0 Å². The van der Waals surface area contributed by atoms with Gasteiger partial charge in [-0.2, -0.15) is 10.2 Å². The number of fused-ring (bicyclic) bond motifs is 5. The molecule has 6 atom stereocenters. The number of aliphatic hydroxyl groups is 1. The molecule has 0 aromatic heterocycles. The van der Waals surface area contributed by atoms with Gasteiger partial charge in [0.05, 0.1) is 12.3 Å². The Morgan fingerprint density at radius 1 is 1.03 bits per heavy atom. The Morgan fingerprint density at radius 2 is 1.77 bits per heavy atom. The summed E-state index contributed by atoms with van der Waals surface area (Å²) in [6.07, 6.45) is 12.9. The minimum absolute atomic E-state index is 0.140. The zero-order valence-corrected chi connectivity index (χ0v) is 18.1. The van der Waals surface area contributed by atoms with Crippen LogP contribution >= 0.6 is 0 Å². The van der Waals surface area contributed by atoms with E-state index < -0.39 is 0 Å². The highest BCUT2D eigenvalue weighted by Crippen LogP contribution is 2.64. The molecule has 0 aliphatic heterocycles. The van der Waals surface area contributed by atoms with Crippen molar-refractivity contribution in [2.45, 2.75) is 71.3 Å². The molecule has 0 amide bonds. The van der Waals surface area contributed by atoms with Gasteiger partial charge in [0.25, 0.3) is 0 Å². The predicted molar refractivity (Wildman–Crippen MR) is 119 cm³/mol. The molecule has 0 spiro atoms. The number of aliphatic hydroxyl groups excluding tert-OH is 1. The summed E-state index contributed by atoms with van der Waals surface area (Å²) in [6.45, 7) is 4.89. The SMILES string of the molecule is C[C@]12CC[C@@H](O)CC1=CC[C@H]1[C@H]2CC[C@]2(C)/C(=N/N=C\c3ccc(F)cc3)CC[C@@H]12. The fraction of sp³-hybridized carbons (Fsp3) is 0.615. The molecular formula is C26H33FN2O. The van der Waals surface area contributed by atoms with E-state index in [4.69, 9.17) is 0 Å². The van der Waals surface area contributed by atoms with Gasteiger partial charge in [0.1, 0.15) is 5.82 Å². The van der Waals surface area contributed by atoms with Crippen molar-refractivity contribution in [3.05, 3.63) is 47.3 Å². The van der Waals surface area contributed by atoms with Crippen LogP contribution in [0.4, 0.5) is 4.39 Å². The van der Waals surface area contributed by atoms with Crippen molar-refractivity contribution in [2.24, 2.45) is 38.8 Å². The number of halogens is 1. The van der Waals surface area contributed by atoms with Gasteiger partial charge in [0, 0.05) is 11.1 Å². The molecule has 0 unspecified atom stereocenters. The second kappa shape index (κ2) is 7.40. The molecule has 3 fully saturated rings. The summed E-state index contributed by atoms with van der Waals surface area (Å²) >= 11 is 0. The van der Waals surface area contributed by atoms with Crippen LogP contribution in [0.3, 0.4) is 0 Å². The molecule has 0 heterocycles. The molecular weight excluding hydrogens is 375 g/mol. The third-order valence-electron chi connectivity index (χ3n) is 9.07. The standard InChI is InChI=1S/C26H33FN2O/c1-25-13-11-20(30)15-18(25)5-8-21-22-9-10-24(26(22,2)14-12-23(21)25)29-28-16-17-3-6-19(27)7-4-17/h3-7,16,20-23,30H,8-15H2,1-2H3/b28-16-,29-24+/t20-,21-,22+,23-,25+,26+/m1/s1. The molecule has 4 heteroatoms. The maximum Gasteiger partial charge on any atom is 0.123 e. The van der Waals surface area contributed by atoms with Gasteiger partial charge in [-0.05, 0) is 92.2 Å². The van der Waals surface area contributed by atoms with Crippen LogP contribution in [-0.2, 0) is 0 Å². The second-order valence-corrected chi connectivity index (χ2v) is 10.5. The second-order valence-electron chi connectivity index (χ2n) is 10.5. The molecule has 4 aliphatic rings. The molecule has 0 bridgehead atoms. The molecule has 1 aromatic rings. The largest absolute Gasteiger partial charge is 0.393 e. The van der Waals surface area contributed by atoms with E-state index in [-0.39, 0.29) is 22.8 Å². The fourth-order valence-corrected chi connectivity index (χ4v) is 7.31. The van der Waals surface area contributed by atoms with Gasteiger partial charge in [0.2, 0.25) is 0 Å². The highest BCUT2D eigenvalue weighted by Gasteiger charge is 2.57. The summed E-state index contributed by atoms with van der Waals surface area (Å²) in [7, 11) is 0. The van der Waals surface area contributed by atoms with Crippen LogP contribution in [-0.4, -0.2) is 23.1 Å². The number of benzene rings is 1. The van der Waals surface area contributed by atoms with Crippen LogP contribution < -0.4 is 0 Å². The minimum atomic E-state index is -0.229. The lowest BCUT2D eigenvalue weighted by Crippen LogP contribution is -2.50. The first-order chi connectivity index (χ1) is 14.4. The van der Waals surface area contributed by atoms with Gasteiger partial charge in [-0.25, -0.2) is 4.39 Å². The van der Waals surface area contributed by atoms with Crippen molar-refractivity contribution in [3.63, 3.8) is 0 Å². The van der Waals surface area contributed by atoms with E-state index in [0.717, 1.165) is 49.5 Å². The molecule has 3 saturated carbocycles. The molecule has 4 aliphatic carbocycles. The van der Waals surface area contributed by atoms with E-state index in [2.05, 4.69) is 30.1 Å². The molecule has 1 aromatic carbocycles. The maximum atomic E-state index is 13.1. The van der Waals surface area contributed by atoms with Gasteiger partial charge in [-0.3, -0.25) is 0 Å². The molecule has 30 heavy (non-hydrogen) atoms. The van der Waals surface area contributed by atoms with E-state index in [1.807, 2.05) is 0 Å². The van der Waals surface area contributed by atoms with E-state index in [1.165, 1.54) is 42.7 Å². The monoisotopic (exact) mass is 408 g/mol. The average Bonchev–Trinajstić information content (AvgIpc) is 3.06. The summed E-state index contributed by atoms with van der Waals surface area (Å²) in [5.74, 6) is 1.91. The number of nitrogens with zero attached hydrogens (tertiary/aromatic N) is 2. The molecule has 5 rings (SSSR count). The number of allylic oxidation sites excluding steroid dienone is 1. The van der Waals surface area contributed by atoms with Crippen LogP contribution in [0.15, 0.2) is 46.1 Å². The maximum absolute atomic E-state index is 13.1. The average molecular weight is 409 g/mol. The lowest BCUT2D eigenvalue weighted by molar-refractivity contribution is -0.0209. The third-order valence-corrected chi connectivity index (χ3v) is 9.07. The van der Waals surface area contributed by atoms with Crippen LogP contribution in [0.2, 0.25) is 0 Å². The van der Waals surface area contributed by atoms with Gasteiger partial charge < -0.3 is 5.11 Å². The summed E-state index contributed by atoms with van der Waals surface area (Å²) in [5, 5.41) is 19.2. The Labute approximate surface area is 179 Å². The first-order valence-electron chi connectivity index (χ1n) is 11.6. The Kier molecular flexibility index (Phi) is 4.96. The molecule has 3 nitrogen and oxygen atoms in total. The van der Waals surface area contributed by atoms with E-state index in [1.54, 1.807) is 18.3 Å². The number of hydrogen-bond donors (Lipinski definition) is 1. The van der Waals surface area contributed by atoms with Crippen molar-refractivity contribution >= 4 is 11.9 Å². The Morgan fingerprint density at radius 3 is 2.57 bits per heavy atom. The highest BCUT2D eigenvalue weighted by molar-refractivity contribution is 5.93. The normalized spacial score (nSPS) is 42.0. The smallest absolute Gasteiger partial charge is 0.123 e. The van der Waals surface area contributed by atoms with E-state index >= 15 is 0 Å². The summed E-state index contributed by atoms with van der Waals surface area (Å²) in [5.41, 5.74) is 4.09. The first-order valence-corrected chi connectivity index (χ1v) is 11.6. The zero-order valence-electron chi connectivity index (χ0n) is 18.1. The lowest BCUT2D eigenvalue weighted by Gasteiger charge is -2.57. The predicted octanol–water partition coefficient (Wildman–Crippen LogP) is 5.92. The molecule has 160 valence electrons. The quantitative estimate of drug-likeness (QED) is 0.368. The van der Waals surface area contributed by atoms with Crippen molar-refractivity contribution in [3.8, 4) is 0 Å². The third kappa shape index (κ3) is 3.19. The van der Waals surface area contributed by atoms with Crippen molar-refractivity contribution < 1.29 is 9.50 Å². The van der Waals surface area contributed by atoms with Crippen LogP contribution in [0.5, 0.6) is 0 Å². The molecule has 1 N–H and O–H groups in total. The fourth-order valence-electron chi connectivity index (χ4n) is 7.31. The first kappa shape index (κ1) is 20.1. The van der Waals surface area contributed by atoms with Crippen molar-refractivity contribution in [1.29, 1.82) is 0 Å². The number of hydrogen-bond acceptors (Lipinski definition) is 3. The van der Waals surface area contributed by atoms with Crippen LogP contribution in [0.25, 0.3) is 0 Å². The van der Waals surface area contributed by atoms with E-state index in [0.29, 0.717) is 5.92 Å².